The zero-order chi connectivity index (χ0) is 23.7. The van der Waals surface area contributed by atoms with Crippen molar-refractivity contribution in [2.45, 2.75) is 79.1 Å². The van der Waals surface area contributed by atoms with Crippen molar-refractivity contribution < 1.29 is 23.2 Å². The van der Waals surface area contributed by atoms with E-state index in [1.54, 1.807) is 24.3 Å². The summed E-state index contributed by atoms with van der Waals surface area (Å²) in [7, 11) is -9.26. The van der Waals surface area contributed by atoms with Gasteiger partial charge in [0.1, 0.15) is 0 Å². The molecule has 2 N–H and O–H groups in total. The summed E-state index contributed by atoms with van der Waals surface area (Å²) >= 11 is 0. The number of hydrogen-bond donors (Lipinski definition) is 2. The molecule has 2 atom stereocenters. The third kappa shape index (κ3) is 5.59. The minimum absolute atomic E-state index is 0.0509. The summed E-state index contributed by atoms with van der Waals surface area (Å²) in [5, 5.41) is 0.282. The van der Waals surface area contributed by atoms with Crippen LogP contribution < -0.4 is 10.6 Å². The lowest BCUT2D eigenvalue weighted by atomic mass is 9.95. The Morgan fingerprint density at radius 1 is 0.581 bits per heavy atom. The Balaban J connectivity index is 2.72. The van der Waals surface area contributed by atoms with Gasteiger partial charge in [0.2, 0.25) is 0 Å². The van der Waals surface area contributed by atoms with Gasteiger partial charge in [-0.15, -0.1) is 0 Å². The van der Waals surface area contributed by atoms with Crippen molar-refractivity contribution in [2.75, 3.05) is 0 Å². The molecule has 0 bridgehead atoms. The van der Waals surface area contributed by atoms with Gasteiger partial charge in [0.25, 0.3) is 0 Å². The highest BCUT2D eigenvalue weighted by Gasteiger charge is 2.41. The van der Waals surface area contributed by atoms with E-state index in [0.29, 0.717) is 22.3 Å². The van der Waals surface area contributed by atoms with E-state index < -0.39 is 15.2 Å². The first-order valence-corrected chi connectivity index (χ1v) is 14.0. The van der Waals surface area contributed by atoms with Gasteiger partial charge in [-0.1, -0.05) is 91.8 Å². The average Bonchev–Trinajstić information content (AvgIpc) is 2.65. The van der Waals surface area contributed by atoms with Crippen molar-refractivity contribution in [3.8, 4) is 0 Å². The molecule has 172 valence electrons. The minimum Gasteiger partial charge on any atom is -0.321 e. The zero-order valence-electron chi connectivity index (χ0n) is 19.8. The number of rotatable bonds is 8. The first kappa shape index (κ1) is 26.0. The SMILES string of the molecule is CC(C)c1cccc(C(C)C)c1P(=O)(O)OP(=O)(O)c1c(C(C)C)cccc1C(C)C. The van der Waals surface area contributed by atoms with Crippen molar-refractivity contribution in [1.29, 1.82) is 0 Å². The summed E-state index contributed by atoms with van der Waals surface area (Å²) in [4.78, 5) is 22.2. The summed E-state index contributed by atoms with van der Waals surface area (Å²) in [6, 6.07) is 10.8. The lowest BCUT2D eigenvalue weighted by molar-refractivity contribution is 0.348. The Bertz CT molecular complexity index is 891. The van der Waals surface area contributed by atoms with Gasteiger partial charge < -0.3 is 9.79 Å². The maximum absolute atomic E-state index is 13.6. The van der Waals surface area contributed by atoms with Crippen LogP contribution >= 0.6 is 15.2 Å². The predicted octanol–water partition coefficient (Wildman–Crippen LogP) is 6.52. The molecule has 0 amide bonds. The van der Waals surface area contributed by atoms with Crippen molar-refractivity contribution in [1.82, 2.24) is 0 Å². The molecule has 2 unspecified atom stereocenters. The van der Waals surface area contributed by atoms with E-state index in [9.17, 15) is 18.9 Å². The van der Waals surface area contributed by atoms with Gasteiger partial charge in [0.05, 0.1) is 10.6 Å². The maximum Gasteiger partial charge on any atom is 0.366 e. The fourth-order valence-corrected chi connectivity index (χ4v) is 8.40. The standard InChI is InChI=1S/C24H36O5P2/c1-15(2)19-11-9-12-20(16(3)4)23(19)30(25,26)29-31(27,28)24-21(17(5)6)13-10-14-22(24)18(7)8/h9-18H,1-8H3,(H,25,26)(H,27,28). The van der Waals surface area contributed by atoms with Gasteiger partial charge in [0, 0.05) is 0 Å². The Hall–Kier alpha value is -1.22. The third-order valence-electron chi connectivity index (χ3n) is 5.47. The molecule has 0 fully saturated rings. The molecule has 0 heterocycles. The molecule has 0 aliphatic carbocycles. The minimum atomic E-state index is -4.63. The summed E-state index contributed by atoms with van der Waals surface area (Å²) in [5.41, 5.74) is 2.60. The van der Waals surface area contributed by atoms with E-state index in [1.165, 1.54) is 0 Å². The molecule has 2 aromatic rings. The lowest BCUT2D eigenvalue weighted by Crippen LogP contribution is -2.23. The normalized spacial score (nSPS) is 16.2. The number of hydrogen-bond acceptors (Lipinski definition) is 3. The largest absolute Gasteiger partial charge is 0.366 e. The summed E-state index contributed by atoms with van der Waals surface area (Å²) in [6.07, 6.45) is 0. The van der Waals surface area contributed by atoms with Crippen molar-refractivity contribution in [2.24, 2.45) is 0 Å². The van der Waals surface area contributed by atoms with E-state index in [-0.39, 0.29) is 34.3 Å². The summed E-state index contributed by atoms with van der Waals surface area (Å²) < 4.78 is 32.6. The highest BCUT2D eigenvalue weighted by Crippen LogP contribution is 2.60. The van der Waals surface area contributed by atoms with E-state index in [2.05, 4.69) is 0 Å². The van der Waals surface area contributed by atoms with Crippen LogP contribution in [0.15, 0.2) is 36.4 Å². The molecule has 0 saturated carbocycles. The molecule has 31 heavy (non-hydrogen) atoms. The van der Waals surface area contributed by atoms with Gasteiger partial charge >= 0.3 is 15.2 Å². The van der Waals surface area contributed by atoms with Crippen LogP contribution in [0.5, 0.6) is 0 Å². The Labute approximate surface area is 186 Å². The lowest BCUT2D eigenvalue weighted by Gasteiger charge is -2.27. The molecule has 5 nitrogen and oxygen atoms in total. The summed E-state index contributed by atoms with van der Waals surface area (Å²) in [5.74, 6) is -0.204. The molecule has 0 aliphatic heterocycles. The van der Waals surface area contributed by atoms with E-state index in [4.69, 9.17) is 4.31 Å². The Morgan fingerprint density at radius 2 is 0.806 bits per heavy atom. The third-order valence-corrected chi connectivity index (χ3v) is 9.41. The van der Waals surface area contributed by atoms with Crippen LogP contribution in [0, 0.1) is 0 Å². The van der Waals surface area contributed by atoms with E-state index in [0.717, 1.165) is 0 Å². The molecular weight excluding hydrogens is 430 g/mol. The Kier molecular flexibility index (Phi) is 8.17. The van der Waals surface area contributed by atoms with Crippen molar-refractivity contribution in [3.05, 3.63) is 58.7 Å². The predicted molar refractivity (Wildman–Crippen MR) is 129 cm³/mol. The molecule has 0 saturated heterocycles. The van der Waals surface area contributed by atoms with Crippen LogP contribution in [-0.2, 0) is 13.4 Å². The van der Waals surface area contributed by atoms with Crippen LogP contribution in [0.3, 0.4) is 0 Å². The average molecular weight is 466 g/mol. The molecule has 0 radical (unpaired) electrons. The summed E-state index contributed by atoms with van der Waals surface area (Å²) in [6.45, 7) is 15.4. The molecule has 0 spiro atoms. The van der Waals surface area contributed by atoms with Crippen molar-refractivity contribution >= 4 is 25.8 Å². The highest BCUT2D eigenvalue weighted by atomic mass is 31.3. The molecule has 2 aromatic carbocycles. The fourth-order valence-electron chi connectivity index (χ4n) is 3.91. The molecular formula is C24H36O5P2. The van der Waals surface area contributed by atoms with E-state index >= 15 is 0 Å². The van der Waals surface area contributed by atoms with Gasteiger partial charge in [-0.3, -0.25) is 9.13 Å². The smallest absolute Gasteiger partial charge is 0.321 e. The first-order valence-electron chi connectivity index (χ1n) is 10.8. The molecule has 7 heteroatoms. The molecule has 0 aromatic heterocycles. The second-order valence-corrected chi connectivity index (χ2v) is 12.9. The second kappa shape index (κ2) is 9.73. The van der Waals surface area contributed by atoms with Gasteiger partial charge in [0.15, 0.2) is 0 Å². The van der Waals surface area contributed by atoms with Crippen LogP contribution in [0.4, 0.5) is 0 Å². The zero-order valence-corrected chi connectivity index (χ0v) is 21.6. The van der Waals surface area contributed by atoms with Crippen molar-refractivity contribution in [3.63, 3.8) is 0 Å². The van der Waals surface area contributed by atoms with Crippen LogP contribution in [0.25, 0.3) is 0 Å². The quantitative estimate of drug-likeness (QED) is 0.433. The second-order valence-electron chi connectivity index (χ2n) is 9.31. The molecule has 0 aliphatic rings. The fraction of sp³-hybridized carbons (Fsp3) is 0.500. The van der Waals surface area contributed by atoms with Gasteiger partial charge in [-0.2, -0.15) is 0 Å². The van der Waals surface area contributed by atoms with Gasteiger partial charge in [-0.05, 0) is 45.9 Å². The Morgan fingerprint density at radius 3 is 1.00 bits per heavy atom. The topological polar surface area (TPSA) is 83.8 Å². The first-order chi connectivity index (χ1) is 14.2. The van der Waals surface area contributed by atoms with Crippen LogP contribution in [0.1, 0.15) is 101 Å². The van der Waals surface area contributed by atoms with Crippen LogP contribution in [0.2, 0.25) is 0 Å². The maximum atomic E-state index is 13.6. The molecule has 2 rings (SSSR count). The van der Waals surface area contributed by atoms with Crippen LogP contribution in [-0.4, -0.2) is 9.79 Å². The monoisotopic (exact) mass is 466 g/mol. The van der Waals surface area contributed by atoms with E-state index in [1.807, 2.05) is 67.5 Å². The van der Waals surface area contributed by atoms with Gasteiger partial charge in [-0.25, -0.2) is 4.31 Å². The number of benzene rings is 2. The highest BCUT2D eigenvalue weighted by molar-refractivity contribution is 7.74.